The van der Waals surface area contributed by atoms with E-state index < -0.39 is 0 Å². The molecule has 0 saturated carbocycles. The van der Waals surface area contributed by atoms with Crippen molar-refractivity contribution < 1.29 is 9.18 Å². The lowest BCUT2D eigenvalue weighted by Crippen LogP contribution is -2.14. The Kier molecular flexibility index (Phi) is 4.91. The van der Waals surface area contributed by atoms with Gasteiger partial charge in [0.15, 0.2) is 0 Å². The molecular formula is C19H18FN3OS2. The summed E-state index contributed by atoms with van der Waals surface area (Å²) in [5.41, 5.74) is 1.96. The van der Waals surface area contributed by atoms with Gasteiger partial charge in [-0.2, -0.15) is 0 Å². The molecule has 1 aliphatic carbocycles. The fourth-order valence-corrected chi connectivity index (χ4v) is 5.46. The number of amides is 1. The van der Waals surface area contributed by atoms with Crippen molar-refractivity contribution in [3.8, 4) is 0 Å². The fourth-order valence-electron chi connectivity index (χ4n) is 3.22. The first-order valence-electron chi connectivity index (χ1n) is 8.53. The molecule has 1 N–H and O–H groups in total. The molecule has 0 fully saturated rings. The molecule has 2 heterocycles. The van der Waals surface area contributed by atoms with Gasteiger partial charge >= 0.3 is 0 Å². The largest absolute Gasteiger partial charge is 0.325 e. The number of aryl methyl sites for hydroxylation is 1. The first-order chi connectivity index (χ1) is 12.6. The summed E-state index contributed by atoms with van der Waals surface area (Å²) in [4.78, 5) is 23.5. The molecule has 2 aromatic heterocycles. The minimum Gasteiger partial charge on any atom is -0.325 e. The lowest BCUT2D eigenvalue weighted by atomic mass is 9.89. The quantitative estimate of drug-likeness (QED) is 0.521. The van der Waals surface area contributed by atoms with Gasteiger partial charge in [-0.1, -0.05) is 18.7 Å². The van der Waals surface area contributed by atoms with Crippen molar-refractivity contribution in [2.75, 3.05) is 11.1 Å². The molecule has 0 aliphatic heterocycles. The molecule has 3 aromatic rings. The van der Waals surface area contributed by atoms with Crippen LogP contribution in [0.4, 0.5) is 10.1 Å². The number of rotatable bonds is 4. The Morgan fingerprint density at radius 3 is 2.96 bits per heavy atom. The topological polar surface area (TPSA) is 54.9 Å². The van der Waals surface area contributed by atoms with Gasteiger partial charge in [0, 0.05) is 16.0 Å². The molecule has 0 spiro atoms. The molecule has 1 aromatic carbocycles. The number of aromatic nitrogens is 2. The molecule has 4 rings (SSSR count). The maximum atomic E-state index is 12.9. The lowest BCUT2D eigenvalue weighted by Gasteiger charge is -2.18. The van der Waals surface area contributed by atoms with Gasteiger partial charge in [0.25, 0.3) is 0 Å². The molecule has 4 nitrogen and oxygen atoms in total. The predicted molar refractivity (Wildman–Crippen MR) is 104 cm³/mol. The van der Waals surface area contributed by atoms with E-state index in [-0.39, 0.29) is 17.5 Å². The molecule has 26 heavy (non-hydrogen) atoms. The number of thioether (sulfide) groups is 1. The Bertz CT molecular complexity index is 955. The van der Waals surface area contributed by atoms with Crippen LogP contribution in [0, 0.1) is 11.7 Å². The average molecular weight is 388 g/mol. The van der Waals surface area contributed by atoms with E-state index in [2.05, 4.69) is 22.2 Å². The van der Waals surface area contributed by atoms with E-state index in [0.717, 1.165) is 28.1 Å². The highest BCUT2D eigenvalue weighted by Gasteiger charge is 2.23. The van der Waals surface area contributed by atoms with Crippen LogP contribution in [0.15, 0.2) is 35.6 Å². The molecule has 7 heteroatoms. The molecule has 134 valence electrons. The smallest absolute Gasteiger partial charge is 0.234 e. The summed E-state index contributed by atoms with van der Waals surface area (Å²) in [5.74, 6) is 0.509. The van der Waals surface area contributed by atoms with E-state index in [1.165, 1.54) is 40.8 Å². The Morgan fingerprint density at radius 2 is 2.15 bits per heavy atom. The monoisotopic (exact) mass is 387 g/mol. The van der Waals surface area contributed by atoms with E-state index >= 15 is 0 Å². The van der Waals surface area contributed by atoms with Crippen molar-refractivity contribution in [3.05, 3.63) is 46.9 Å². The Balaban J connectivity index is 1.50. The van der Waals surface area contributed by atoms with E-state index in [4.69, 9.17) is 0 Å². The van der Waals surface area contributed by atoms with E-state index in [9.17, 15) is 9.18 Å². The van der Waals surface area contributed by atoms with Crippen LogP contribution in [-0.2, 0) is 17.6 Å². The molecule has 0 unspecified atom stereocenters. The number of fused-ring (bicyclic) bond motifs is 3. The van der Waals surface area contributed by atoms with Crippen LogP contribution >= 0.6 is 23.1 Å². The van der Waals surface area contributed by atoms with Crippen LogP contribution in [0.5, 0.6) is 0 Å². The third kappa shape index (κ3) is 3.59. The van der Waals surface area contributed by atoms with Crippen LogP contribution in [-0.4, -0.2) is 21.6 Å². The van der Waals surface area contributed by atoms with Crippen molar-refractivity contribution in [2.24, 2.45) is 5.92 Å². The zero-order valence-corrected chi connectivity index (χ0v) is 15.9. The van der Waals surface area contributed by atoms with E-state index in [1.54, 1.807) is 29.8 Å². The first-order valence-corrected chi connectivity index (χ1v) is 10.3. The number of hydrogen-bond acceptors (Lipinski definition) is 5. The van der Waals surface area contributed by atoms with Crippen molar-refractivity contribution in [1.82, 2.24) is 9.97 Å². The number of benzene rings is 1. The normalized spacial score (nSPS) is 16.5. The average Bonchev–Trinajstić information content (AvgIpc) is 3.00. The van der Waals surface area contributed by atoms with Crippen LogP contribution in [0.25, 0.3) is 10.2 Å². The third-order valence-electron chi connectivity index (χ3n) is 4.52. The number of carbonyl (C=O) groups is 1. The van der Waals surface area contributed by atoms with Gasteiger partial charge in [-0.15, -0.1) is 11.3 Å². The molecule has 1 atom stereocenters. The first kappa shape index (κ1) is 17.4. The number of hydrogen-bond donors (Lipinski definition) is 1. The van der Waals surface area contributed by atoms with Crippen molar-refractivity contribution in [3.63, 3.8) is 0 Å². The standard InChI is InChI=1S/C19H18FN3OS2/c1-11-2-7-14-15(8-11)26-19-17(14)18(21-10-22-19)25-9-16(24)23-13-5-3-12(20)4-6-13/h3-6,10-11H,2,7-9H2,1H3,(H,23,24)/t11-/m0/s1. The minimum absolute atomic E-state index is 0.133. The second kappa shape index (κ2) is 7.32. The van der Waals surface area contributed by atoms with E-state index in [1.807, 2.05) is 0 Å². The van der Waals surface area contributed by atoms with Gasteiger partial charge in [0.05, 0.1) is 5.75 Å². The van der Waals surface area contributed by atoms with Crippen molar-refractivity contribution in [2.45, 2.75) is 31.2 Å². The summed E-state index contributed by atoms with van der Waals surface area (Å²) in [6.45, 7) is 2.29. The second-order valence-electron chi connectivity index (χ2n) is 6.55. The third-order valence-corrected chi connectivity index (χ3v) is 6.68. The maximum Gasteiger partial charge on any atom is 0.234 e. The summed E-state index contributed by atoms with van der Waals surface area (Å²) in [5, 5.41) is 4.78. The molecule has 0 radical (unpaired) electrons. The molecule has 1 aliphatic rings. The van der Waals surface area contributed by atoms with E-state index in [0.29, 0.717) is 11.6 Å². The van der Waals surface area contributed by atoms with Crippen LogP contribution in [0.1, 0.15) is 23.8 Å². The number of nitrogens with zero attached hydrogens (tertiary/aromatic N) is 2. The summed E-state index contributed by atoms with van der Waals surface area (Å²) in [6.07, 6.45) is 4.92. The Morgan fingerprint density at radius 1 is 1.35 bits per heavy atom. The number of nitrogens with one attached hydrogen (secondary N) is 1. The van der Waals surface area contributed by atoms with Crippen LogP contribution < -0.4 is 5.32 Å². The number of carbonyl (C=O) groups excluding carboxylic acids is 1. The maximum absolute atomic E-state index is 12.9. The predicted octanol–water partition coefficient (Wildman–Crippen LogP) is 4.69. The Hall–Kier alpha value is -1.99. The highest BCUT2D eigenvalue weighted by Crippen LogP contribution is 2.40. The van der Waals surface area contributed by atoms with Crippen LogP contribution in [0.2, 0.25) is 0 Å². The second-order valence-corrected chi connectivity index (χ2v) is 8.60. The van der Waals surface area contributed by atoms with Gasteiger partial charge in [-0.05, 0) is 55.0 Å². The SMILES string of the molecule is C[C@H]1CCc2c(sc3ncnc(SCC(=O)Nc4ccc(F)cc4)c23)C1. The zero-order valence-electron chi connectivity index (χ0n) is 14.3. The number of thiophene rings is 1. The molecule has 0 bridgehead atoms. The fraction of sp³-hybridized carbons (Fsp3) is 0.316. The van der Waals surface area contributed by atoms with Gasteiger partial charge in [-0.3, -0.25) is 4.79 Å². The van der Waals surface area contributed by atoms with Crippen LogP contribution in [0.3, 0.4) is 0 Å². The highest BCUT2D eigenvalue weighted by atomic mass is 32.2. The van der Waals surface area contributed by atoms with Gasteiger partial charge < -0.3 is 5.32 Å². The number of halogens is 1. The minimum atomic E-state index is -0.322. The zero-order chi connectivity index (χ0) is 18.1. The van der Waals surface area contributed by atoms with Gasteiger partial charge in [-0.25, -0.2) is 14.4 Å². The van der Waals surface area contributed by atoms with Crippen molar-refractivity contribution in [1.29, 1.82) is 0 Å². The Labute approximate surface area is 159 Å². The summed E-state index contributed by atoms with van der Waals surface area (Å²) >= 11 is 3.18. The van der Waals surface area contributed by atoms with Gasteiger partial charge in [0.1, 0.15) is 22.0 Å². The number of anilines is 1. The summed E-state index contributed by atoms with van der Waals surface area (Å²) in [7, 11) is 0. The lowest BCUT2D eigenvalue weighted by molar-refractivity contribution is -0.113. The summed E-state index contributed by atoms with van der Waals surface area (Å²) < 4.78 is 12.9. The molecule has 1 amide bonds. The molecular weight excluding hydrogens is 369 g/mol. The molecule has 0 saturated heterocycles. The van der Waals surface area contributed by atoms with Gasteiger partial charge in [0.2, 0.25) is 5.91 Å². The highest BCUT2D eigenvalue weighted by molar-refractivity contribution is 8.00. The summed E-state index contributed by atoms with van der Waals surface area (Å²) in [6, 6.07) is 5.76. The van der Waals surface area contributed by atoms with Crippen molar-refractivity contribution >= 4 is 44.9 Å².